The van der Waals surface area contributed by atoms with E-state index in [9.17, 15) is 19.2 Å². The second-order valence-corrected chi connectivity index (χ2v) is 15.1. The fraction of sp³-hybridized carbons (Fsp3) is 0.407. The van der Waals surface area contributed by atoms with E-state index in [1.165, 1.54) is 28.4 Å². The maximum absolute atomic E-state index is 13.6. The molecule has 0 spiro atoms. The van der Waals surface area contributed by atoms with Crippen molar-refractivity contribution in [3.8, 4) is 0 Å². The maximum atomic E-state index is 13.6. The van der Waals surface area contributed by atoms with E-state index in [-0.39, 0.29) is 6.61 Å². The van der Waals surface area contributed by atoms with Crippen LogP contribution in [0, 0.1) is 0 Å². The summed E-state index contributed by atoms with van der Waals surface area (Å²) in [5.41, 5.74) is 1.27. The number of hydrogen-bond donors (Lipinski definition) is 2. The molecule has 4 atom stereocenters. The van der Waals surface area contributed by atoms with Gasteiger partial charge in [0.25, 0.3) is 5.91 Å². The average molecular weight is 661 g/mol. The van der Waals surface area contributed by atoms with Crippen molar-refractivity contribution >= 4 is 82.2 Å². The van der Waals surface area contributed by atoms with Crippen LogP contribution in [0.4, 0.5) is 4.79 Å². The topological polar surface area (TPSA) is 114 Å². The Bertz CT molecular complexity index is 1300. The van der Waals surface area contributed by atoms with E-state index in [1.54, 1.807) is 36.6 Å². The molecule has 2 aliphatic rings. The zero-order valence-electron chi connectivity index (χ0n) is 22.3. The Kier molecular flexibility index (Phi) is 9.65. The summed E-state index contributed by atoms with van der Waals surface area (Å²) < 4.78 is 8.05. The zero-order chi connectivity index (χ0) is 30.0. The molecule has 2 aliphatic heterocycles. The Hall–Kier alpha value is -2.31. The Morgan fingerprint density at radius 3 is 2.24 bits per heavy atom. The Morgan fingerprint density at radius 2 is 1.66 bits per heavy atom. The summed E-state index contributed by atoms with van der Waals surface area (Å²) in [6, 6.07) is 15.6. The molecule has 0 aromatic heterocycles. The van der Waals surface area contributed by atoms with Gasteiger partial charge in [-0.05, 0) is 31.2 Å². The first-order valence-corrected chi connectivity index (χ1v) is 15.7. The highest BCUT2D eigenvalue weighted by atomic mass is 35.6. The van der Waals surface area contributed by atoms with Crippen molar-refractivity contribution < 1.29 is 28.7 Å². The van der Waals surface area contributed by atoms with Gasteiger partial charge in [-0.1, -0.05) is 95.5 Å². The highest BCUT2D eigenvalue weighted by Crippen LogP contribution is 2.61. The van der Waals surface area contributed by atoms with Crippen LogP contribution in [0.3, 0.4) is 0 Å². The lowest BCUT2D eigenvalue weighted by Gasteiger charge is -2.49. The molecule has 3 amide bonds. The molecule has 9 nitrogen and oxygen atoms in total. The monoisotopic (exact) mass is 659 g/mol. The van der Waals surface area contributed by atoms with Crippen molar-refractivity contribution in [1.29, 1.82) is 0 Å². The molecule has 2 heterocycles. The number of hydrogen-bond acceptors (Lipinski definition) is 8. The highest BCUT2D eigenvalue weighted by molar-refractivity contribution is 8.06. The van der Waals surface area contributed by atoms with Crippen molar-refractivity contribution in [1.82, 2.24) is 15.5 Å². The van der Waals surface area contributed by atoms with E-state index in [2.05, 4.69) is 10.6 Å². The van der Waals surface area contributed by atoms with Crippen LogP contribution in [0.15, 0.2) is 60.7 Å². The van der Waals surface area contributed by atoms with Gasteiger partial charge in [0.2, 0.25) is 14.6 Å². The first-order valence-electron chi connectivity index (χ1n) is 12.4. The summed E-state index contributed by atoms with van der Waals surface area (Å²) in [6.45, 7) is 3.27. The van der Waals surface area contributed by atoms with Crippen LogP contribution >= 0.6 is 58.3 Å². The molecule has 2 fully saturated rings. The second-order valence-electron chi connectivity index (χ2n) is 9.80. The van der Waals surface area contributed by atoms with Crippen molar-refractivity contribution in [3.63, 3.8) is 0 Å². The van der Waals surface area contributed by atoms with Crippen LogP contribution in [-0.2, 0) is 30.5 Å². The molecule has 220 valence electrons. The van der Waals surface area contributed by atoms with Gasteiger partial charge in [0.1, 0.15) is 30.7 Å². The van der Waals surface area contributed by atoms with E-state index in [1.807, 2.05) is 44.2 Å². The van der Waals surface area contributed by atoms with Gasteiger partial charge in [0, 0.05) is 0 Å². The van der Waals surface area contributed by atoms with E-state index in [4.69, 9.17) is 44.3 Å². The predicted molar refractivity (Wildman–Crippen MR) is 161 cm³/mol. The number of amides is 3. The number of alkyl halides is 3. The largest absolute Gasteiger partial charge is 0.458 e. The Balaban J connectivity index is 1.50. The van der Waals surface area contributed by atoms with E-state index in [0.29, 0.717) is 5.56 Å². The Morgan fingerprint density at radius 1 is 1.05 bits per heavy atom. The number of halogens is 3. The molecule has 2 aromatic rings. The first-order chi connectivity index (χ1) is 19.3. The number of thioether (sulfide) groups is 2. The molecular weight excluding hydrogens is 633 g/mol. The van der Waals surface area contributed by atoms with Crippen LogP contribution in [-0.4, -0.2) is 66.5 Å². The first kappa shape index (κ1) is 31.6. The van der Waals surface area contributed by atoms with Gasteiger partial charge < -0.3 is 25.0 Å². The average Bonchev–Trinajstić information content (AvgIpc) is 3.16. The number of nitrogens with zero attached hydrogens (tertiary/aromatic N) is 1. The zero-order valence-corrected chi connectivity index (χ0v) is 26.2. The molecular formula is C27H28Cl3N3O6S2. The van der Waals surface area contributed by atoms with Gasteiger partial charge in [-0.15, -0.1) is 23.5 Å². The molecule has 0 radical (unpaired) electrons. The summed E-state index contributed by atoms with van der Waals surface area (Å²) in [5, 5.41) is 4.68. The summed E-state index contributed by atoms with van der Waals surface area (Å²) in [6.07, 6.45) is 0.770. The number of benzene rings is 2. The van der Waals surface area contributed by atoms with Crippen LogP contribution < -0.4 is 10.6 Å². The van der Waals surface area contributed by atoms with E-state index < -0.39 is 61.4 Å². The van der Waals surface area contributed by atoms with Gasteiger partial charge in [0.15, 0.2) is 0 Å². The summed E-state index contributed by atoms with van der Waals surface area (Å²) in [7, 11) is 0. The van der Waals surface area contributed by atoms with Crippen molar-refractivity contribution in [2.75, 3.05) is 12.9 Å². The van der Waals surface area contributed by atoms with Crippen molar-refractivity contribution in [2.24, 2.45) is 0 Å². The number of fused-ring (bicyclic) bond motifs is 1. The van der Waals surface area contributed by atoms with Crippen molar-refractivity contribution in [2.45, 2.75) is 51.3 Å². The Labute approximate surface area is 261 Å². The minimum atomic E-state index is -1.83. The molecule has 14 heteroatoms. The lowest BCUT2D eigenvalue weighted by molar-refractivity contribution is -0.168. The minimum Gasteiger partial charge on any atom is -0.458 e. The molecule has 0 saturated carbocycles. The van der Waals surface area contributed by atoms with Crippen molar-refractivity contribution in [3.05, 3.63) is 71.8 Å². The lowest BCUT2D eigenvalue weighted by Crippen LogP contribution is -2.75. The number of esters is 1. The fourth-order valence-corrected chi connectivity index (χ4v) is 8.18. The van der Waals surface area contributed by atoms with Gasteiger partial charge in [-0.25, -0.2) is 9.59 Å². The molecule has 4 rings (SSSR count). The number of ether oxygens (including phenoxy) is 2. The third-order valence-electron chi connectivity index (χ3n) is 6.72. The number of carbonyl (C=O) groups is 4. The van der Waals surface area contributed by atoms with Crippen LogP contribution in [0.25, 0.3) is 0 Å². The molecule has 2 aromatic carbocycles. The lowest BCUT2D eigenvalue weighted by atomic mass is 9.94. The third-order valence-corrected chi connectivity index (χ3v) is 10.3. The molecule has 0 bridgehead atoms. The quantitative estimate of drug-likeness (QED) is 0.224. The van der Waals surface area contributed by atoms with Gasteiger partial charge in [-0.2, -0.15) is 0 Å². The number of nitrogens with one attached hydrogen (secondary N) is 2. The molecule has 0 aliphatic carbocycles. The van der Waals surface area contributed by atoms with E-state index >= 15 is 0 Å². The van der Waals surface area contributed by atoms with Gasteiger partial charge in [0.05, 0.1) is 4.75 Å². The fourth-order valence-electron chi connectivity index (χ4n) is 4.81. The second kappa shape index (κ2) is 12.5. The SMILES string of the molecule is CS[C@@]1(C(=O)OCc2ccccc2)N2C(=O)[C@@H](NC(=O)C(NC(=O)OCC(Cl)(Cl)Cl)c3ccccc3)[C@H]2SC1(C)C. The number of alkyl carbamates (subject to hydrolysis) is 1. The smallest absolute Gasteiger partial charge is 0.408 e. The maximum Gasteiger partial charge on any atom is 0.408 e. The molecule has 1 unspecified atom stereocenters. The number of β-lactam (4-membered cyclic amide) rings is 1. The van der Waals surface area contributed by atoms with Gasteiger partial charge in [-0.3, -0.25) is 9.59 Å². The molecule has 2 saturated heterocycles. The molecule has 41 heavy (non-hydrogen) atoms. The summed E-state index contributed by atoms with van der Waals surface area (Å²) >= 11 is 19.6. The van der Waals surface area contributed by atoms with Gasteiger partial charge >= 0.3 is 12.1 Å². The van der Waals surface area contributed by atoms with Crippen LogP contribution in [0.5, 0.6) is 0 Å². The predicted octanol–water partition coefficient (Wildman–Crippen LogP) is 4.81. The number of carbonyl (C=O) groups excluding carboxylic acids is 4. The number of rotatable bonds is 9. The van der Waals surface area contributed by atoms with Crippen LogP contribution in [0.2, 0.25) is 0 Å². The molecule has 2 N–H and O–H groups in total. The normalized spacial score (nSPS) is 23.6. The minimum absolute atomic E-state index is 0.0639. The highest BCUT2D eigenvalue weighted by Gasteiger charge is 2.73. The summed E-state index contributed by atoms with van der Waals surface area (Å²) in [4.78, 5) is 53.2. The van der Waals surface area contributed by atoms with Crippen LogP contribution in [0.1, 0.15) is 31.0 Å². The third kappa shape index (κ3) is 6.54. The standard InChI is InChI=1S/C27H28Cl3N3O6S2/c1-25(2)27(40-3,23(36)38-14-16-10-6-4-7-11-16)33-21(35)19(22(33)41-25)31-20(34)18(17-12-8-5-9-13-17)32-24(37)39-15-26(28,29)30/h4-13,18-19,22H,14-15H2,1-3H3,(H,31,34)(H,32,37)/t18?,19-,22-,27-/m1/s1. The summed E-state index contributed by atoms with van der Waals surface area (Å²) in [5.74, 6) is -1.61. The van der Waals surface area contributed by atoms with E-state index in [0.717, 1.165) is 5.56 Å².